The molecule has 3 aromatic rings. The van der Waals surface area contributed by atoms with E-state index in [4.69, 9.17) is 0 Å². The van der Waals surface area contributed by atoms with E-state index in [0.29, 0.717) is 18.4 Å². The number of benzene rings is 1. The third-order valence-electron chi connectivity index (χ3n) is 4.98. The third kappa shape index (κ3) is 3.94. The highest BCUT2D eigenvalue weighted by atomic mass is 19.4. The predicted molar refractivity (Wildman–Crippen MR) is 97.2 cm³/mol. The normalized spacial score (nSPS) is 15.1. The minimum atomic E-state index is -4.41. The molecule has 1 fully saturated rings. The third-order valence-corrected chi connectivity index (χ3v) is 4.98. The maximum absolute atomic E-state index is 12.8. The topological polar surface area (TPSA) is 88.6 Å². The molecule has 2 heterocycles. The minimum Gasteiger partial charge on any atom is -0.304 e. The number of ketones is 1. The van der Waals surface area contributed by atoms with E-state index in [2.05, 4.69) is 19.9 Å². The van der Waals surface area contributed by atoms with E-state index in [1.165, 1.54) is 24.5 Å². The minimum absolute atomic E-state index is 0.0191. The highest BCUT2D eigenvalue weighted by Crippen LogP contribution is 2.51. The Morgan fingerprint density at radius 3 is 2.34 bits per heavy atom. The summed E-state index contributed by atoms with van der Waals surface area (Å²) in [5.41, 5.74) is -1.10. The van der Waals surface area contributed by atoms with E-state index in [9.17, 15) is 22.8 Å². The number of aromatic amines is 1. The van der Waals surface area contributed by atoms with Crippen LogP contribution in [0.3, 0.4) is 0 Å². The second kappa shape index (κ2) is 6.91. The number of rotatable bonds is 5. The van der Waals surface area contributed by atoms with Crippen molar-refractivity contribution < 1.29 is 18.0 Å². The summed E-state index contributed by atoms with van der Waals surface area (Å²) in [4.78, 5) is 39.4. The van der Waals surface area contributed by atoms with Crippen molar-refractivity contribution in [3.63, 3.8) is 0 Å². The van der Waals surface area contributed by atoms with Gasteiger partial charge in [-0.15, -0.1) is 0 Å². The average molecular weight is 400 g/mol. The molecule has 29 heavy (non-hydrogen) atoms. The van der Waals surface area contributed by atoms with E-state index >= 15 is 0 Å². The van der Waals surface area contributed by atoms with Crippen LogP contribution in [0, 0.1) is 0 Å². The van der Waals surface area contributed by atoms with Gasteiger partial charge in [0.2, 0.25) is 0 Å². The molecule has 0 spiro atoms. The number of H-pyrrole nitrogens is 1. The predicted octanol–water partition coefficient (Wildman–Crippen LogP) is 3.55. The number of nitrogens with zero attached hydrogens (tertiary/aromatic N) is 3. The van der Waals surface area contributed by atoms with Crippen LogP contribution in [0.2, 0.25) is 0 Å². The lowest BCUT2D eigenvalue weighted by Gasteiger charge is -2.16. The van der Waals surface area contributed by atoms with E-state index in [-0.39, 0.29) is 29.5 Å². The van der Waals surface area contributed by atoms with Gasteiger partial charge in [-0.25, -0.2) is 15.0 Å². The lowest BCUT2D eigenvalue weighted by atomic mass is 9.89. The molecule has 0 unspecified atom stereocenters. The Balaban J connectivity index is 1.58. The molecule has 1 aliphatic rings. The molecule has 148 valence electrons. The molecule has 0 bridgehead atoms. The highest BCUT2D eigenvalue weighted by Gasteiger charge is 2.46. The summed E-state index contributed by atoms with van der Waals surface area (Å²) >= 11 is 0. The molecule has 0 saturated heterocycles. The lowest BCUT2D eigenvalue weighted by molar-refractivity contribution is -0.137. The summed E-state index contributed by atoms with van der Waals surface area (Å²) in [5, 5.41) is 0. The Morgan fingerprint density at radius 2 is 1.76 bits per heavy atom. The average Bonchev–Trinajstić information content (AvgIpc) is 3.48. The fourth-order valence-corrected chi connectivity index (χ4v) is 3.26. The molecule has 0 amide bonds. The van der Waals surface area contributed by atoms with Gasteiger partial charge in [0.05, 0.1) is 5.56 Å². The zero-order valence-electron chi connectivity index (χ0n) is 15.0. The summed E-state index contributed by atoms with van der Waals surface area (Å²) in [6, 6.07) is 7.59. The molecular formula is C20H15F3N4O2. The van der Waals surface area contributed by atoms with Crippen molar-refractivity contribution in [2.45, 2.75) is 30.9 Å². The Hall–Kier alpha value is -3.36. The summed E-state index contributed by atoms with van der Waals surface area (Å²) in [6.45, 7) is 0. The second-order valence-electron chi connectivity index (χ2n) is 7.01. The first kappa shape index (κ1) is 19.0. The quantitative estimate of drug-likeness (QED) is 0.662. The van der Waals surface area contributed by atoms with Crippen LogP contribution in [0.5, 0.6) is 0 Å². The summed E-state index contributed by atoms with van der Waals surface area (Å²) < 4.78 is 38.3. The Kier molecular flexibility index (Phi) is 4.52. The number of carbonyl (C=O) groups is 1. The van der Waals surface area contributed by atoms with Gasteiger partial charge in [0.25, 0.3) is 5.56 Å². The van der Waals surface area contributed by atoms with Crippen molar-refractivity contribution in [1.29, 1.82) is 0 Å². The van der Waals surface area contributed by atoms with Crippen molar-refractivity contribution in [3.05, 3.63) is 76.0 Å². The summed E-state index contributed by atoms with van der Waals surface area (Å²) in [7, 11) is 0. The van der Waals surface area contributed by atoms with Crippen molar-refractivity contribution >= 4 is 5.78 Å². The Morgan fingerprint density at radius 1 is 1.10 bits per heavy atom. The first-order chi connectivity index (χ1) is 13.8. The second-order valence-corrected chi connectivity index (χ2v) is 7.01. The van der Waals surface area contributed by atoms with Gasteiger partial charge in [-0.1, -0.05) is 12.1 Å². The molecule has 2 aromatic heterocycles. The number of alkyl halides is 3. The fourth-order valence-electron chi connectivity index (χ4n) is 3.26. The van der Waals surface area contributed by atoms with Crippen LogP contribution in [-0.4, -0.2) is 25.7 Å². The lowest BCUT2D eigenvalue weighted by Crippen LogP contribution is -2.19. The monoisotopic (exact) mass is 400 g/mol. The van der Waals surface area contributed by atoms with Crippen LogP contribution in [-0.2, 0) is 11.6 Å². The van der Waals surface area contributed by atoms with Crippen LogP contribution in [0.15, 0.2) is 53.6 Å². The molecule has 1 aromatic carbocycles. The van der Waals surface area contributed by atoms with Gasteiger partial charge < -0.3 is 4.98 Å². The zero-order chi connectivity index (χ0) is 20.6. The zero-order valence-corrected chi connectivity index (χ0v) is 15.0. The van der Waals surface area contributed by atoms with Crippen molar-refractivity contribution in [2.75, 3.05) is 0 Å². The fraction of sp³-hybridized carbons (Fsp3) is 0.250. The maximum atomic E-state index is 12.8. The van der Waals surface area contributed by atoms with E-state index in [1.807, 2.05) is 0 Å². The van der Waals surface area contributed by atoms with Crippen molar-refractivity contribution in [2.24, 2.45) is 0 Å². The van der Waals surface area contributed by atoms with Gasteiger partial charge in [-0.05, 0) is 36.6 Å². The van der Waals surface area contributed by atoms with E-state index in [1.54, 1.807) is 6.07 Å². The molecular weight excluding hydrogens is 385 g/mol. The van der Waals surface area contributed by atoms with Crippen LogP contribution in [0.4, 0.5) is 13.2 Å². The molecule has 9 heteroatoms. The Labute approximate surface area is 162 Å². The molecule has 1 N–H and O–H groups in total. The number of hydrogen-bond acceptors (Lipinski definition) is 5. The largest absolute Gasteiger partial charge is 0.416 e. The Bertz CT molecular complexity index is 1110. The van der Waals surface area contributed by atoms with Gasteiger partial charge in [0.1, 0.15) is 5.69 Å². The van der Waals surface area contributed by atoms with Gasteiger partial charge >= 0.3 is 6.18 Å². The molecule has 0 atom stereocenters. The number of halogens is 3. The SMILES string of the molecule is O=C(CC1(c2ccc(C(F)(F)F)cc2)CC1)c1cc(=O)[nH]c(-c2ncccn2)n1. The van der Waals surface area contributed by atoms with Crippen molar-refractivity contribution in [3.8, 4) is 11.6 Å². The number of Topliss-reactive ketones (excluding diaryl/α,β-unsaturated/α-hetero) is 1. The van der Waals surface area contributed by atoms with Crippen molar-refractivity contribution in [1.82, 2.24) is 19.9 Å². The maximum Gasteiger partial charge on any atom is 0.416 e. The highest BCUT2D eigenvalue weighted by molar-refractivity contribution is 5.95. The first-order valence-electron chi connectivity index (χ1n) is 8.87. The van der Waals surface area contributed by atoms with Crippen LogP contribution >= 0.6 is 0 Å². The van der Waals surface area contributed by atoms with Crippen LogP contribution in [0.25, 0.3) is 11.6 Å². The van der Waals surface area contributed by atoms with Gasteiger partial charge in [-0.3, -0.25) is 9.59 Å². The van der Waals surface area contributed by atoms with E-state index in [0.717, 1.165) is 18.2 Å². The molecule has 4 rings (SSSR count). The molecule has 0 aliphatic heterocycles. The molecule has 1 aliphatic carbocycles. The van der Waals surface area contributed by atoms with Crippen LogP contribution < -0.4 is 5.56 Å². The summed E-state index contributed by atoms with van der Waals surface area (Å²) in [5.74, 6) is -0.0883. The number of carbonyl (C=O) groups excluding carboxylic acids is 1. The molecule has 0 radical (unpaired) electrons. The number of aromatic nitrogens is 4. The molecule has 1 saturated carbocycles. The molecule has 6 nitrogen and oxygen atoms in total. The summed E-state index contributed by atoms with van der Waals surface area (Å²) in [6.07, 6.45) is -0.00892. The van der Waals surface area contributed by atoms with E-state index < -0.39 is 22.7 Å². The van der Waals surface area contributed by atoms with Gasteiger partial charge in [-0.2, -0.15) is 13.2 Å². The smallest absolute Gasteiger partial charge is 0.304 e. The number of hydrogen-bond donors (Lipinski definition) is 1. The van der Waals surface area contributed by atoms with Crippen LogP contribution in [0.1, 0.15) is 40.9 Å². The van der Waals surface area contributed by atoms with Gasteiger partial charge in [0.15, 0.2) is 17.4 Å². The standard InChI is InChI=1S/C20H15F3N4O2/c21-20(22,23)13-4-2-12(3-5-13)19(6-7-19)11-15(28)14-10-16(29)27-18(26-14)17-24-8-1-9-25-17/h1-5,8-10H,6-7,11H2,(H,26,27,29). The van der Waals surface area contributed by atoms with Gasteiger partial charge in [0, 0.05) is 30.3 Å². The first-order valence-corrected chi connectivity index (χ1v) is 8.87. The number of nitrogens with one attached hydrogen (secondary N) is 1.